The zero-order chi connectivity index (χ0) is 40.7. The van der Waals surface area contributed by atoms with Gasteiger partial charge in [-0.3, -0.25) is 14.3 Å². The van der Waals surface area contributed by atoms with Crippen LogP contribution in [0.2, 0.25) is 0 Å². The van der Waals surface area contributed by atoms with Crippen LogP contribution in [-0.2, 0) is 16.1 Å². The van der Waals surface area contributed by atoms with Gasteiger partial charge in [-0.2, -0.15) is 10.1 Å². The van der Waals surface area contributed by atoms with Crippen LogP contribution < -0.4 is 26.0 Å². The third-order valence-corrected chi connectivity index (χ3v) is 11.4. The van der Waals surface area contributed by atoms with Gasteiger partial charge < -0.3 is 30.9 Å². The van der Waals surface area contributed by atoms with E-state index >= 15 is 0 Å². The molecule has 57 heavy (non-hydrogen) atoms. The molecule has 1 saturated heterocycles. The van der Waals surface area contributed by atoms with Crippen LogP contribution in [0.3, 0.4) is 0 Å². The van der Waals surface area contributed by atoms with Crippen LogP contribution in [0.15, 0.2) is 18.3 Å². The molecule has 1 aromatic carbocycles. The lowest BCUT2D eigenvalue weighted by molar-refractivity contribution is -0.131. The lowest BCUT2D eigenvalue weighted by Crippen LogP contribution is -2.48. The van der Waals surface area contributed by atoms with E-state index in [1.807, 2.05) is 15.8 Å². The fraction of sp³-hybridized carbons (Fsp3) is 0.711. The largest absolute Gasteiger partial charge is 0.496 e. The molecule has 0 saturated carbocycles. The Morgan fingerprint density at radius 1 is 0.754 bits per heavy atom. The van der Waals surface area contributed by atoms with Gasteiger partial charge >= 0.3 is 0 Å². The molecule has 0 radical (unpaired) electrons. The van der Waals surface area contributed by atoms with Crippen molar-refractivity contribution in [1.82, 2.24) is 30.0 Å². The molecule has 3 heterocycles. The van der Waals surface area contributed by atoms with Crippen LogP contribution in [0.25, 0.3) is 11.0 Å². The van der Waals surface area contributed by atoms with Crippen molar-refractivity contribution in [2.24, 2.45) is 0 Å². The molecule has 0 aliphatic carbocycles. The molecule has 12 heteroatoms. The summed E-state index contributed by atoms with van der Waals surface area (Å²) in [5.41, 5.74) is 10.7. The summed E-state index contributed by atoms with van der Waals surface area (Å²) in [5, 5.41) is 11.2. The second-order valence-electron chi connectivity index (χ2n) is 16.1. The summed E-state index contributed by atoms with van der Waals surface area (Å²) in [6, 6.07) is 4.29. The van der Waals surface area contributed by atoms with E-state index in [-0.39, 0.29) is 17.8 Å². The predicted molar refractivity (Wildman–Crippen MR) is 235 cm³/mol. The molecule has 3 aromatic rings. The van der Waals surface area contributed by atoms with Gasteiger partial charge in [0, 0.05) is 69.4 Å². The summed E-state index contributed by atoms with van der Waals surface area (Å²) in [6.45, 7) is 11.4. The number of carbonyl (C=O) groups excluding carboxylic acids is 2. The van der Waals surface area contributed by atoms with Gasteiger partial charge in [0.05, 0.1) is 19.9 Å². The fourth-order valence-electron chi connectivity index (χ4n) is 7.81. The Hall–Kier alpha value is -4.09. The van der Waals surface area contributed by atoms with Gasteiger partial charge in [-0.1, -0.05) is 110 Å². The minimum atomic E-state index is 0.145. The number of aryl methyl sites for hydroxylation is 1. The van der Waals surface area contributed by atoms with Crippen molar-refractivity contribution in [3.05, 3.63) is 29.5 Å². The zero-order valence-electron chi connectivity index (χ0n) is 36.0. The normalized spacial score (nSPS) is 13.1. The standard InChI is InChI=1S/C45H75N9O3/c1-5-7-9-10-11-12-13-14-15-16-17-18-19-20-21-24-41(55)47-27-23-22-25-42(56)53-30-28-52(29-31-53)37-32-36(3)38(40(33-37)57-4)34-54-35-39-43(51-54)44(48-26-8-6-2)50-45(46)49-39/h32-33,35H,5-31,34H2,1-4H3,(H,47,55)(H3,46,48,49,50). The number of piperazine rings is 1. The summed E-state index contributed by atoms with van der Waals surface area (Å²) >= 11 is 0. The smallest absolute Gasteiger partial charge is 0.222 e. The molecule has 1 aliphatic heterocycles. The SMILES string of the molecule is CCCCCCCCCCCCCCCCCC(=O)NCCCCC(=O)N1CCN(c2cc(C)c(Cn3cc4nc(N)nc(NCCCC)c4n3)c(OC)c2)CC1. The highest BCUT2D eigenvalue weighted by atomic mass is 16.5. The number of hydrogen-bond acceptors (Lipinski definition) is 9. The third kappa shape index (κ3) is 16.0. The number of nitrogens with one attached hydrogen (secondary N) is 2. The molecule has 0 spiro atoms. The van der Waals surface area contributed by atoms with Crippen molar-refractivity contribution in [2.75, 3.05) is 62.3 Å². The highest BCUT2D eigenvalue weighted by molar-refractivity contribution is 5.85. The maximum atomic E-state index is 13.0. The molecule has 4 N–H and O–H groups in total. The minimum absolute atomic E-state index is 0.145. The summed E-state index contributed by atoms with van der Waals surface area (Å²) in [5.74, 6) is 2.03. The van der Waals surface area contributed by atoms with E-state index in [2.05, 4.69) is 58.4 Å². The molecule has 0 atom stereocenters. The molecule has 0 unspecified atom stereocenters. The van der Waals surface area contributed by atoms with E-state index in [9.17, 15) is 9.59 Å². The second-order valence-corrected chi connectivity index (χ2v) is 16.1. The van der Waals surface area contributed by atoms with Gasteiger partial charge in [0.25, 0.3) is 0 Å². The fourth-order valence-corrected chi connectivity index (χ4v) is 7.81. The van der Waals surface area contributed by atoms with Crippen LogP contribution >= 0.6 is 0 Å². The van der Waals surface area contributed by atoms with Crippen molar-refractivity contribution in [3.63, 3.8) is 0 Å². The average molecular weight is 790 g/mol. The van der Waals surface area contributed by atoms with Crippen LogP contribution in [-0.4, -0.2) is 82.8 Å². The number of carbonyl (C=O) groups is 2. The van der Waals surface area contributed by atoms with E-state index in [4.69, 9.17) is 15.6 Å². The lowest BCUT2D eigenvalue weighted by Gasteiger charge is -2.36. The maximum absolute atomic E-state index is 13.0. The molecule has 318 valence electrons. The molecule has 2 aromatic heterocycles. The summed E-state index contributed by atoms with van der Waals surface area (Å²) < 4.78 is 7.76. The summed E-state index contributed by atoms with van der Waals surface area (Å²) in [4.78, 5) is 38.4. The predicted octanol–water partition coefficient (Wildman–Crippen LogP) is 9.18. The van der Waals surface area contributed by atoms with E-state index in [0.717, 1.165) is 80.7 Å². The average Bonchev–Trinajstić information content (AvgIpc) is 3.62. The molecular weight excluding hydrogens is 715 g/mol. The Morgan fingerprint density at radius 3 is 2.00 bits per heavy atom. The molecule has 1 aliphatic rings. The van der Waals surface area contributed by atoms with Crippen molar-refractivity contribution in [3.8, 4) is 5.75 Å². The number of hydrogen-bond donors (Lipinski definition) is 3. The number of nitrogens with two attached hydrogens (primary N) is 1. The molecule has 4 rings (SSSR count). The van der Waals surface area contributed by atoms with E-state index in [1.165, 1.54) is 83.5 Å². The summed E-state index contributed by atoms with van der Waals surface area (Å²) in [6.07, 6.45) is 26.7. The number of rotatable bonds is 29. The number of nitrogens with zero attached hydrogens (tertiary/aromatic N) is 6. The van der Waals surface area contributed by atoms with E-state index in [0.29, 0.717) is 55.9 Å². The number of anilines is 3. The van der Waals surface area contributed by atoms with Crippen LogP contribution in [0.4, 0.5) is 17.5 Å². The molecule has 12 nitrogen and oxygen atoms in total. The van der Waals surface area contributed by atoms with Gasteiger partial charge in [0.15, 0.2) is 11.3 Å². The van der Waals surface area contributed by atoms with Gasteiger partial charge in [0.2, 0.25) is 17.8 Å². The first-order valence-electron chi connectivity index (χ1n) is 22.5. The Labute approximate surface area is 343 Å². The van der Waals surface area contributed by atoms with Gasteiger partial charge in [0.1, 0.15) is 11.3 Å². The quantitative estimate of drug-likeness (QED) is 0.0587. The third-order valence-electron chi connectivity index (χ3n) is 11.4. The minimum Gasteiger partial charge on any atom is -0.496 e. The van der Waals surface area contributed by atoms with Gasteiger partial charge in [-0.15, -0.1) is 0 Å². The number of benzene rings is 1. The van der Waals surface area contributed by atoms with Crippen LogP contribution in [0.5, 0.6) is 5.75 Å². The maximum Gasteiger partial charge on any atom is 0.222 e. The van der Waals surface area contributed by atoms with Crippen LogP contribution in [0.1, 0.15) is 160 Å². The second kappa shape index (κ2) is 26.0. The molecule has 2 amide bonds. The molecular formula is C45H75N9O3. The van der Waals surface area contributed by atoms with Crippen molar-refractivity contribution in [2.45, 2.75) is 162 Å². The van der Waals surface area contributed by atoms with Crippen LogP contribution in [0, 0.1) is 6.92 Å². The zero-order valence-corrected chi connectivity index (χ0v) is 36.0. The summed E-state index contributed by atoms with van der Waals surface area (Å²) in [7, 11) is 1.70. The highest BCUT2D eigenvalue weighted by Crippen LogP contribution is 2.31. The number of amides is 2. The Balaban J connectivity index is 1.07. The first-order valence-corrected chi connectivity index (χ1v) is 22.5. The van der Waals surface area contributed by atoms with Crippen molar-refractivity contribution >= 4 is 40.3 Å². The van der Waals surface area contributed by atoms with Gasteiger partial charge in [-0.25, -0.2) is 4.98 Å². The number of methoxy groups -OCH3 is 1. The Kier molecular flexibility index (Phi) is 20.8. The topological polar surface area (TPSA) is 144 Å². The lowest BCUT2D eigenvalue weighted by atomic mass is 10.0. The molecule has 0 bridgehead atoms. The van der Waals surface area contributed by atoms with E-state index in [1.54, 1.807) is 7.11 Å². The number of aromatic nitrogens is 4. The first-order chi connectivity index (χ1) is 27.8. The Bertz CT molecular complexity index is 1620. The monoisotopic (exact) mass is 790 g/mol. The number of unbranched alkanes of at least 4 members (excludes halogenated alkanes) is 16. The van der Waals surface area contributed by atoms with Crippen molar-refractivity contribution < 1.29 is 14.3 Å². The number of ether oxygens (including phenoxy) is 1. The number of nitrogen functional groups attached to an aromatic ring is 1. The van der Waals surface area contributed by atoms with Gasteiger partial charge in [-0.05, 0) is 44.2 Å². The van der Waals surface area contributed by atoms with Crippen molar-refractivity contribution in [1.29, 1.82) is 0 Å². The highest BCUT2D eigenvalue weighted by Gasteiger charge is 2.23. The Morgan fingerprint density at radius 2 is 1.37 bits per heavy atom. The number of fused-ring (bicyclic) bond motifs is 1. The van der Waals surface area contributed by atoms with E-state index < -0.39 is 0 Å². The first kappa shape index (κ1) is 45.6. The molecule has 1 fully saturated rings.